The van der Waals surface area contributed by atoms with Gasteiger partial charge in [0.05, 0.1) is 17.9 Å². The van der Waals surface area contributed by atoms with Crippen molar-refractivity contribution >= 4 is 11.6 Å². The predicted octanol–water partition coefficient (Wildman–Crippen LogP) is 2.42. The van der Waals surface area contributed by atoms with Gasteiger partial charge in [-0.25, -0.2) is 8.78 Å². The van der Waals surface area contributed by atoms with E-state index in [1.807, 2.05) is 0 Å². The Balaban J connectivity index is 2.15. The van der Waals surface area contributed by atoms with Crippen LogP contribution in [0.2, 0.25) is 0 Å². The van der Waals surface area contributed by atoms with Gasteiger partial charge in [-0.1, -0.05) is 19.3 Å². The molecule has 0 saturated heterocycles. The molecular formula is C15H20F2N2O2. The summed E-state index contributed by atoms with van der Waals surface area (Å²) in [6.07, 6.45) is 4.92. The number of carbonyl (C=O) groups is 1. The number of nitrogens with one attached hydrogen (secondary N) is 1. The van der Waals surface area contributed by atoms with Crippen molar-refractivity contribution in [3.05, 3.63) is 29.3 Å². The molecule has 0 atom stereocenters. The average molecular weight is 298 g/mol. The Morgan fingerprint density at radius 2 is 1.90 bits per heavy atom. The lowest BCUT2D eigenvalue weighted by atomic mass is 9.74. The van der Waals surface area contributed by atoms with Crippen molar-refractivity contribution in [1.82, 2.24) is 0 Å². The highest BCUT2D eigenvalue weighted by molar-refractivity contribution is 5.94. The van der Waals surface area contributed by atoms with E-state index in [-0.39, 0.29) is 23.3 Å². The first-order chi connectivity index (χ1) is 9.97. The third-order valence-electron chi connectivity index (χ3n) is 4.23. The molecule has 4 N–H and O–H groups in total. The summed E-state index contributed by atoms with van der Waals surface area (Å²) in [6, 6.07) is 1.73. The maximum atomic E-state index is 13.8. The Morgan fingerprint density at radius 3 is 2.48 bits per heavy atom. The second-order valence-corrected chi connectivity index (χ2v) is 5.75. The Kier molecular flexibility index (Phi) is 4.77. The first kappa shape index (κ1) is 15.7. The largest absolute Gasteiger partial charge is 0.396 e. The van der Waals surface area contributed by atoms with Crippen molar-refractivity contribution in [2.75, 3.05) is 18.5 Å². The molecule has 0 spiro atoms. The van der Waals surface area contributed by atoms with Crippen molar-refractivity contribution in [3.63, 3.8) is 0 Å². The van der Waals surface area contributed by atoms with Crippen molar-refractivity contribution < 1.29 is 18.7 Å². The number of hydrogen-bond acceptors (Lipinski definition) is 3. The fourth-order valence-corrected chi connectivity index (χ4v) is 2.85. The van der Waals surface area contributed by atoms with Gasteiger partial charge in [0.15, 0.2) is 0 Å². The first-order valence-corrected chi connectivity index (χ1v) is 7.11. The summed E-state index contributed by atoms with van der Waals surface area (Å²) < 4.78 is 27.2. The summed E-state index contributed by atoms with van der Waals surface area (Å²) in [4.78, 5) is 11.1. The molecule has 0 radical (unpaired) electrons. The Labute approximate surface area is 122 Å². The van der Waals surface area contributed by atoms with E-state index in [9.17, 15) is 18.7 Å². The number of carbonyl (C=O) groups excluding carboxylic acids is 1. The zero-order valence-electron chi connectivity index (χ0n) is 11.8. The molecule has 1 aromatic rings. The zero-order valence-corrected chi connectivity index (χ0v) is 11.8. The highest BCUT2D eigenvalue weighted by atomic mass is 19.1. The molecule has 1 saturated carbocycles. The molecule has 6 heteroatoms. The zero-order chi connectivity index (χ0) is 15.5. The molecule has 1 amide bonds. The van der Waals surface area contributed by atoms with Crippen LogP contribution in [-0.4, -0.2) is 24.2 Å². The number of nitrogens with two attached hydrogens (primary N) is 1. The van der Waals surface area contributed by atoms with Crippen LogP contribution in [0.1, 0.15) is 42.5 Å². The van der Waals surface area contributed by atoms with E-state index >= 15 is 0 Å². The molecule has 1 aliphatic carbocycles. The average Bonchev–Trinajstić information content (AvgIpc) is 2.47. The molecular weight excluding hydrogens is 278 g/mol. The van der Waals surface area contributed by atoms with Gasteiger partial charge in [0, 0.05) is 18.0 Å². The molecule has 0 unspecified atom stereocenters. The minimum absolute atomic E-state index is 0.0193. The van der Waals surface area contributed by atoms with E-state index in [0.717, 1.165) is 38.2 Å². The smallest absolute Gasteiger partial charge is 0.251 e. The summed E-state index contributed by atoms with van der Waals surface area (Å²) in [6.45, 7) is 0.399. The van der Waals surface area contributed by atoms with Gasteiger partial charge in [-0.3, -0.25) is 4.79 Å². The minimum atomic E-state index is -0.972. The summed E-state index contributed by atoms with van der Waals surface area (Å²) in [5.74, 6) is -2.69. The molecule has 116 valence electrons. The number of benzene rings is 1. The fourth-order valence-electron chi connectivity index (χ4n) is 2.85. The Bertz CT molecular complexity index is 529. The highest BCUT2D eigenvalue weighted by Gasteiger charge is 2.31. The maximum Gasteiger partial charge on any atom is 0.251 e. The topological polar surface area (TPSA) is 75.4 Å². The monoisotopic (exact) mass is 298 g/mol. The quantitative estimate of drug-likeness (QED) is 0.781. The third-order valence-corrected chi connectivity index (χ3v) is 4.23. The standard InChI is InChI=1S/C15H20F2N2O2/c16-11-7-12(17)13(6-10(11)14(18)21)19-8-15(9-20)4-2-1-3-5-15/h6-7,19-20H,1-5,8-9H2,(H2,18,21). The van der Waals surface area contributed by atoms with Crippen molar-refractivity contribution in [3.8, 4) is 0 Å². The van der Waals surface area contributed by atoms with Gasteiger partial charge in [-0.2, -0.15) is 0 Å². The van der Waals surface area contributed by atoms with Crippen LogP contribution >= 0.6 is 0 Å². The first-order valence-electron chi connectivity index (χ1n) is 7.11. The van der Waals surface area contributed by atoms with Crippen molar-refractivity contribution in [2.45, 2.75) is 32.1 Å². The molecule has 0 aliphatic heterocycles. The van der Waals surface area contributed by atoms with E-state index in [4.69, 9.17) is 5.73 Å². The lowest BCUT2D eigenvalue weighted by Crippen LogP contribution is -2.35. The molecule has 0 bridgehead atoms. The molecule has 1 aromatic carbocycles. The van der Waals surface area contributed by atoms with Crippen molar-refractivity contribution in [2.24, 2.45) is 11.1 Å². The van der Waals surface area contributed by atoms with E-state index in [0.29, 0.717) is 12.6 Å². The lowest BCUT2D eigenvalue weighted by molar-refractivity contribution is 0.0943. The van der Waals surface area contributed by atoms with Crippen LogP contribution in [-0.2, 0) is 0 Å². The highest BCUT2D eigenvalue weighted by Crippen LogP contribution is 2.36. The minimum Gasteiger partial charge on any atom is -0.396 e. The van der Waals surface area contributed by atoms with E-state index in [1.165, 1.54) is 0 Å². The molecule has 0 heterocycles. The molecule has 21 heavy (non-hydrogen) atoms. The molecule has 2 rings (SSSR count). The van der Waals surface area contributed by atoms with Gasteiger partial charge < -0.3 is 16.2 Å². The number of anilines is 1. The number of rotatable bonds is 5. The number of hydrogen-bond donors (Lipinski definition) is 3. The predicted molar refractivity (Wildman–Crippen MR) is 76.0 cm³/mol. The molecule has 1 aliphatic rings. The summed E-state index contributed by atoms with van der Waals surface area (Å²) in [7, 11) is 0. The van der Waals surface area contributed by atoms with Gasteiger partial charge in [0.1, 0.15) is 11.6 Å². The van der Waals surface area contributed by atoms with Crippen LogP contribution in [0.25, 0.3) is 0 Å². The number of aliphatic hydroxyl groups is 1. The van der Waals surface area contributed by atoms with Crippen LogP contribution in [0, 0.1) is 17.0 Å². The van der Waals surface area contributed by atoms with Gasteiger partial charge in [0.2, 0.25) is 0 Å². The van der Waals surface area contributed by atoms with E-state index in [2.05, 4.69) is 5.32 Å². The molecule has 0 aromatic heterocycles. The van der Waals surface area contributed by atoms with Crippen LogP contribution < -0.4 is 11.1 Å². The second-order valence-electron chi connectivity index (χ2n) is 5.75. The van der Waals surface area contributed by atoms with Crippen molar-refractivity contribution in [1.29, 1.82) is 0 Å². The summed E-state index contributed by atoms with van der Waals surface area (Å²) in [5.41, 5.74) is 4.45. The van der Waals surface area contributed by atoms with Gasteiger partial charge in [0.25, 0.3) is 5.91 Å². The second kappa shape index (κ2) is 6.39. The Hall–Kier alpha value is -1.69. The van der Waals surface area contributed by atoms with E-state index in [1.54, 1.807) is 0 Å². The molecule has 1 fully saturated rings. The van der Waals surface area contributed by atoms with Crippen LogP contribution in [0.3, 0.4) is 0 Å². The normalized spacial score (nSPS) is 17.5. The van der Waals surface area contributed by atoms with E-state index < -0.39 is 17.5 Å². The van der Waals surface area contributed by atoms with Crippen LogP contribution in [0.5, 0.6) is 0 Å². The SMILES string of the molecule is NC(=O)c1cc(NCC2(CO)CCCCC2)c(F)cc1F. The van der Waals surface area contributed by atoms with Crippen LogP contribution in [0.15, 0.2) is 12.1 Å². The van der Waals surface area contributed by atoms with Gasteiger partial charge in [-0.05, 0) is 18.9 Å². The fraction of sp³-hybridized carbons (Fsp3) is 0.533. The van der Waals surface area contributed by atoms with Gasteiger partial charge >= 0.3 is 0 Å². The third kappa shape index (κ3) is 3.50. The van der Waals surface area contributed by atoms with Crippen LogP contribution in [0.4, 0.5) is 14.5 Å². The summed E-state index contributed by atoms with van der Waals surface area (Å²) >= 11 is 0. The molecule has 4 nitrogen and oxygen atoms in total. The number of amides is 1. The lowest BCUT2D eigenvalue weighted by Gasteiger charge is -2.36. The summed E-state index contributed by atoms with van der Waals surface area (Å²) in [5, 5.41) is 12.5. The maximum absolute atomic E-state index is 13.8. The number of primary amides is 1. The Morgan fingerprint density at radius 1 is 1.24 bits per heavy atom. The number of aliphatic hydroxyl groups excluding tert-OH is 1. The van der Waals surface area contributed by atoms with Gasteiger partial charge in [-0.15, -0.1) is 0 Å². The number of halogens is 2.